The lowest BCUT2D eigenvalue weighted by Crippen LogP contribution is -2.41. The Morgan fingerprint density at radius 1 is 1.55 bits per heavy atom. The van der Waals surface area contributed by atoms with E-state index in [2.05, 4.69) is 0 Å². The third-order valence-electron chi connectivity index (χ3n) is 2.71. The van der Waals surface area contributed by atoms with Gasteiger partial charge in [-0.3, -0.25) is 9.69 Å². The highest BCUT2D eigenvalue weighted by Crippen LogP contribution is 2.33. The molecule has 1 unspecified atom stereocenters. The normalized spacial score (nSPS) is 18.7. The van der Waals surface area contributed by atoms with Crippen LogP contribution in [0.2, 0.25) is 0 Å². The van der Waals surface area contributed by atoms with E-state index in [1.807, 2.05) is 0 Å². The fraction of sp³-hybridized carbons (Fsp3) is 0.154. The molecule has 20 heavy (non-hydrogen) atoms. The number of carboxylic acids is 1. The number of halogens is 1. The number of benzene rings is 1. The van der Waals surface area contributed by atoms with E-state index in [4.69, 9.17) is 17.3 Å². The summed E-state index contributed by atoms with van der Waals surface area (Å²) in [6.07, 6.45) is 1.50. The van der Waals surface area contributed by atoms with Crippen LogP contribution < -0.4 is 0 Å². The highest BCUT2D eigenvalue weighted by molar-refractivity contribution is 8.26. The number of thioether (sulfide) groups is 1. The fourth-order valence-electron chi connectivity index (χ4n) is 1.67. The summed E-state index contributed by atoms with van der Waals surface area (Å²) >= 11 is 6.03. The number of carbonyl (C=O) groups is 2. The lowest BCUT2D eigenvalue weighted by atomic mass is 10.2. The predicted octanol–water partition coefficient (Wildman–Crippen LogP) is 2.50. The Morgan fingerprint density at radius 3 is 2.85 bits per heavy atom. The number of hydrogen-bond acceptors (Lipinski definition) is 4. The van der Waals surface area contributed by atoms with E-state index in [0.717, 1.165) is 16.7 Å². The lowest BCUT2D eigenvalue weighted by molar-refractivity contribution is -0.144. The third-order valence-corrected chi connectivity index (χ3v) is 4.05. The minimum Gasteiger partial charge on any atom is -0.480 e. The molecule has 0 bridgehead atoms. The van der Waals surface area contributed by atoms with Crippen molar-refractivity contribution in [2.75, 3.05) is 0 Å². The van der Waals surface area contributed by atoms with Crippen LogP contribution >= 0.6 is 24.0 Å². The first kappa shape index (κ1) is 14.7. The molecule has 1 N–H and O–H groups in total. The molecular weight excluding hydrogens is 301 g/mol. The maximum Gasteiger partial charge on any atom is 0.326 e. The average molecular weight is 311 g/mol. The van der Waals surface area contributed by atoms with E-state index in [1.54, 1.807) is 6.07 Å². The molecule has 1 atom stereocenters. The number of thiocarbonyl (C=S) groups is 1. The average Bonchev–Trinajstić information content (AvgIpc) is 2.63. The van der Waals surface area contributed by atoms with Gasteiger partial charge in [0.15, 0.2) is 0 Å². The second kappa shape index (κ2) is 5.72. The van der Waals surface area contributed by atoms with Crippen molar-refractivity contribution >= 4 is 46.3 Å². The Balaban J connectivity index is 2.30. The monoisotopic (exact) mass is 311 g/mol. The zero-order valence-electron chi connectivity index (χ0n) is 10.4. The van der Waals surface area contributed by atoms with Crippen molar-refractivity contribution in [2.45, 2.75) is 13.0 Å². The Hall–Kier alpha value is -1.73. The van der Waals surface area contributed by atoms with Gasteiger partial charge in [-0.2, -0.15) is 0 Å². The van der Waals surface area contributed by atoms with Crippen molar-refractivity contribution in [1.29, 1.82) is 0 Å². The van der Waals surface area contributed by atoms with E-state index in [9.17, 15) is 14.0 Å². The first-order chi connectivity index (χ1) is 9.40. The minimum atomic E-state index is -1.13. The Labute approximate surface area is 124 Å². The summed E-state index contributed by atoms with van der Waals surface area (Å²) in [5.74, 6) is -2.01. The van der Waals surface area contributed by atoms with Crippen LogP contribution in [0.1, 0.15) is 12.5 Å². The third kappa shape index (κ3) is 2.88. The molecule has 0 aromatic heterocycles. The van der Waals surface area contributed by atoms with E-state index in [0.29, 0.717) is 5.56 Å². The van der Waals surface area contributed by atoms with Gasteiger partial charge in [-0.05, 0) is 30.7 Å². The van der Waals surface area contributed by atoms with E-state index >= 15 is 0 Å². The highest BCUT2D eigenvalue weighted by Gasteiger charge is 2.38. The van der Waals surface area contributed by atoms with E-state index in [1.165, 1.54) is 31.2 Å². The predicted molar refractivity (Wildman–Crippen MR) is 78.5 cm³/mol. The largest absolute Gasteiger partial charge is 0.480 e. The van der Waals surface area contributed by atoms with Crippen LogP contribution in [0.15, 0.2) is 29.2 Å². The lowest BCUT2D eigenvalue weighted by Gasteiger charge is -2.18. The Kier molecular flexibility index (Phi) is 4.20. The molecule has 7 heteroatoms. The maximum absolute atomic E-state index is 13.1. The number of carbonyl (C=O) groups excluding carboxylic acids is 1. The van der Waals surface area contributed by atoms with Gasteiger partial charge in [-0.1, -0.05) is 36.1 Å². The molecule has 1 aliphatic heterocycles. The molecule has 1 aromatic rings. The molecule has 0 aliphatic carbocycles. The summed E-state index contributed by atoms with van der Waals surface area (Å²) in [7, 11) is 0. The van der Waals surface area contributed by atoms with Gasteiger partial charge in [-0.25, -0.2) is 9.18 Å². The molecule has 1 fully saturated rings. The van der Waals surface area contributed by atoms with Crippen molar-refractivity contribution < 1.29 is 19.1 Å². The van der Waals surface area contributed by atoms with Gasteiger partial charge < -0.3 is 5.11 Å². The van der Waals surface area contributed by atoms with Crippen LogP contribution in [0.25, 0.3) is 6.08 Å². The van der Waals surface area contributed by atoms with Crippen molar-refractivity contribution in [3.05, 3.63) is 40.6 Å². The molecule has 1 saturated heterocycles. The number of nitrogens with zero attached hydrogens (tertiary/aromatic N) is 1. The number of aliphatic carboxylic acids is 1. The van der Waals surface area contributed by atoms with Gasteiger partial charge in [0.2, 0.25) is 0 Å². The summed E-state index contributed by atoms with van der Waals surface area (Å²) in [5, 5.41) is 8.96. The van der Waals surface area contributed by atoms with E-state index in [-0.39, 0.29) is 9.23 Å². The molecule has 0 spiro atoms. The van der Waals surface area contributed by atoms with Gasteiger partial charge >= 0.3 is 5.97 Å². The summed E-state index contributed by atoms with van der Waals surface area (Å²) in [5.41, 5.74) is 0.522. The van der Waals surface area contributed by atoms with Gasteiger partial charge in [0.05, 0.1) is 4.91 Å². The summed E-state index contributed by atoms with van der Waals surface area (Å²) in [6, 6.07) is 4.74. The number of hydrogen-bond donors (Lipinski definition) is 1. The van der Waals surface area contributed by atoms with Crippen LogP contribution in [0.5, 0.6) is 0 Å². The number of amides is 1. The molecule has 2 rings (SSSR count). The van der Waals surface area contributed by atoms with E-state index < -0.39 is 23.7 Å². The Bertz CT molecular complexity index is 630. The van der Waals surface area contributed by atoms with Crippen molar-refractivity contribution in [3.63, 3.8) is 0 Å². The fourth-order valence-corrected chi connectivity index (χ4v) is 3.09. The van der Waals surface area contributed by atoms with Crippen LogP contribution in [-0.4, -0.2) is 32.2 Å². The summed E-state index contributed by atoms with van der Waals surface area (Å²) in [6.45, 7) is 1.39. The molecule has 1 heterocycles. The second-order valence-corrected chi connectivity index (χ2v) is 5.80. The number of rotatable bonds is 3. The molecule has 104 valence electrons. The van der Waals surface area contributed by atoms with Gasteiger partial charge in [0.1, 0.15) is 16.2 Å². The van der Waals surface area contributed by atoms with Gasteiger partial charge in [0.25, 0.3) is 5.91 Å². The summed E-state index contributed by atoms with van der Waals surface area (Å²) in [4.78, 5) is 24.4. The van der Waals surface area contributed by atoms with Crippen molar-refractivity contribution in [3.8, 4) is 0 Å². The SMILES string of the molecule is CC(C(=O)O)N1C(=O)C(=Cc2cccc(F)c2)SC1=S. The zero-order valence-corrected chi connectivity index (χ0v) is 12.0. The Morgan fingerprint density at radius 2 is 2.25 bits per heavy atom. The molecular formula is C13H10FNO3S2. The number of carboxylic acid groups (broad SMARTS) is 1. The van der Waals surface area contributed by atoms with Crippen LogP contribution in [-0.2, 0) is 9.59 Å². The molecule has 1 aromatic carbocycles. The topological polar surface area (TPSA) is 57.6 Å². The van der Waals surface area contributed by atoms with Crippen molar-refractivity contribution in [1.82, 2.24) is 4.90 Å². The first-order valence-corrected chi connectivity index (χ1v) is 6.88. The molecule has 1 amide bonds. The summed E-state index contributed by atoms with van der Waals surface area (Å²) < 4.78 is 13.3. The minimum absolute atomic E-state index is 0.188. The first-order valence-electron chi connectivity index (χ1n) is 5.65. The molecule has 1 aliphatic rings. The van der Waals surface area contributed by atoms with Crippen molar-refractivity contribution in [2.24, 2.45) is 0 Å². The van der Waals surface area contributed by atoms with Crippen LogP contribution in [0.3, 0.4) is 0 Å². The van der Waals surface area contributed by atoms with Gasteiger partial charge in [-0.15, -0.1) is 0 Å². The van der Waals surface area contributed by atoms with Gasteiger partial charge in [0, 0.05) is 0 Å². The van der Waals surface area contributed by atoms with Crippen LogP contribution in [0, 0.1) is 5.82 Å². The molecule has 0 radical (unpaired) electrons. The standard InChI is InChI=1S/C13H10FNO3S2/c1-7(12(17)18)15-11(16)10(20-13(15)19)6-8-3-2-4-9(14)5-8/h2-7H,1H3,(H,17,18). The van der Waals surface area contributed by atoms with Crippen LogP contribution in [0.4, 0.5) is 4.39 Å². The molecule has 4 nitrogen and oxygen atoms in total. The smallest absolute Gasteiger partial charge is 0.326 e. The molecule has 0 saturated carbocycles. The quantitative estimate of drug-likeness (QED) is 0.686. The zero-order chi connectivity index (χ0) is 14.9. The maximum atomic E-state index is 13.1. The highest BCUT2D eigenvalue weighted by atomic mass is 32.2. The second-order valence-electron chi connectivity index (χ2n) is 4.12.